The minimum absolute atomic E-state index is 0.212. The summed E-state index contributed by atoms with van der Waals surface area (Å²) < 4.78 is 54.4. The van der Waals surface area contributed by atoms with Gasteiger partial charge in [0, 0.05) is 17.2 Å². The number of likely N-dealkylation sites (tertiary alicyclic amines) is 1. The van der Waals surface area contributed by atoms with Crippen LogP contribution in [0.15, 0.2) is 17.0 Å². The van der Waals surface area contributed by atoms with Gasteiger partial charge < -0.3 is 4.74 Å². The Kier molecular flexibility index (Phi) is 4.82. The van der Waals surface area contributed by atoms with E-state index in [9.17, 15) is 17.2 Å². The first-order chi connectivity index (χ1) is 9.39. The lowest BCUT2D eigenvalue weighted by atomic mass is 10.3. The molecule has 8 heteroatoms. The topological polar surface area (TPSA) is 46.6 Å². The van der Waals surface area contributed by atoms with Crippen molar-refractivity contribution in [2.45, 2.75) is 17.7 Å². The highest BCUT2D eigenvalue weighted by Gasteiger charge is 2.22. The molecule has 0 N–H and O–H groups in total. The van der Waals surface area contributed by atoms with Gasteiger partial charge in [-0.15, -0.1) is 0 Å². The molecule has 1 saturated heterocycles. The largest absolute Gasteiger partial charge is 0.489 e. The smallest absolute Gasteiger partial charge is 0.264 e. The summed E-state index contributed by atoms with van der Waals surface area (Å²) in [6.45, 7) is 2.78. The van der Waals surface area contributed by atoms with E-state index in [1.165, 1.54) is 0 Å². The van der Waals surface area contributed by atoms with E-state index in [-0.39, 0.29) is 12.4 Å². The maximum Gasteiger partial charge on any atom is 0.264 e. The van der Waals surface area contributed by atoms with Gasteiger partial charge in [0.25, 0.3) is 9.05 Å². The molecular formula is C12H14ClF2NO3S. The predicted octanol–water partition coefficient (Wildman–Crippen LogP) is 2.37. The van der Waals surface area contributed by atoms with Crippen molar-refractivity contribution >= 4 is 19.7 Å². The quantitative estimate of drug-likeness (QED) is 0.780. The third-order valence-electron chi connectivity index (χ3n) is 3.14. The second kappa shape index (κ2) is 6.24. The molecule has 0 atom stereocenters. The van der Waals surface area contributed by atoms with Gasteiger partial charge >= 0.3 is 0 Å². The van der Waals surface area contributed by atoms with Crippen molar-refractivity contribution in [3.8, 4) is 5.75 Å². The van der Waals surface area contributed by atoms with Gasteiger partial charge in [-0.25, -0.2) is 12.8 Å². The van der Waals surface area contributed by atoms with Crippen molar-refractivity contribution in [2.75, 3.05) is 26.2 Å². The first-order valence-electron chi connectivity index (χ1n) is 6.17. The van der Waals surface area contributed by atoms with Gasteiger partial charge in [-0.3, -0.25) is 4.90 Å². The Morgan fingerprint density at radius 3 is 2.45 bits per heavy atom. The van der Waals surface area contributed by atoms with Crippen LogP contribution < -0.4 is 4.74 Å². The molecule has 1 heterocycles. The van der Waals surface area contributed by atoms with Crippen molar-refractivity contribution < 1.29 is 21.9 Å². The second-order valence-corrected chi connectivity index (χ2v) is 7.06. The zero-order valence-corrected chi connectivity index (χ0v) is 12.2. The van der Waals surface area contributed by atoms with Crippen LogP contribution in [0.2, 0.25) is 0 Å². The molecular weight excluding hydrogens is 312 g/mol. The van der Waals surface area contributed by atoms with Gasteiger partial charge in [-0.05, 0) is 38.1 Å². The number of hydrogen-bond donors (Lipinski definition) is 0. The van der Waals surface area contributed by atoms with Gasteiger partial charge in [0.05, 0.1) is 0 Å². The highest BCUT2D eigenvalue weighted by Crippen LogP contribution is 2.27. The Bertz CT molecular complexity index is 589. The summed E-state index contributed by atoms with van der Waals surface area (Å²) >= 11 is 0. The normalized spacial score (nSPS) is 16.6. The maximum atomic E-state index is 13.7. The molecule has 1 aromatic carbocycles. The summed E-state index contributed by atoms with van der Waals surface area (Å²) in [4.78, 5) is 1.27. The molecule has 0 radical (unpaired) electrons. The Labute approximate surface area is 120 Å². The summed E-state index contributed by atoms with van der Waals surface area (Å²) in [5, 5.41) is 0. The second-order valence-electron chi connectivity index (χ2n) is 4.52. The fraction of sp³-hybridized carbons (Fsp3) is 0.500. The van der Waals surface area contributed by atoms with Crippen molar-refractivity contribution in [3.63, 3.8) is 0 Å². The summed E-state index contributed by atoms with van der Waals surface area (Å²) in [6, 6.07) is 1.96. The molecule has 112 valence electrons. The van der Waals surface area contributed by atoms with E-state index in [1.807, 2.05) is 0 Å². The first kappa shape index (κ1) is 15.5. The summed E-state index contributed by atoms with van der Waals surface area (Å²) in [6.07, 6.45) is 2.26. The van der Waals surface area contributed by atoms with E-state index < -0.39 is 25.6 Å². The van der Waals surface area contributed by atoms with E-state index in [0.29, 0.717) is 6.54 Å². The molecule has 0 bridgehead atoms. The first-order valence-corrected chi connectivity index (χ1v) is 8.48. The molecule has 1 aromatic rings. The monoisotopic (exact) mass is 325 g/mol. The highest BCUT2D eigenvalue weighted by atomic mass is 35.7. The highest BCUT2D eigenvalue weighted by molar-refractivity contribution is 8.13. The van der Waals surface area contributed by atoms with Crippen LogP contribution in [0, 0.1) is 11.6 Å². The fourth-order valence-electron chi connectivity index (χ4n) is 2.10. The van der Waals surface area contributed by atoms with Crippen molar-refractivity contribution in [2.24, 2.45) is 0 Å². The third kappa shape index (κ3) is 3.59. The molecule has 0 aromatic heterocycles. The minimum atomic E-state index is -4.31. The molecule has 2 rings (SSSR count). The van der Waals surface area contributed by atoms with Gasteiger partial charge in [-0.1, -0.05) is 0 Å². The lowest BCUT2D eigenvalue weighted by Crippen LogP contribution is -2.25. The van der Waals surface area contributed by atoms with E-state index in [2.05, 4.69) is 4.90 Å². The van der Waals surface area contributed by atoms with Crippen LogP contribution in [0.5, 0.6) is 5.75 Å². The average Bonchev–Trinajstić information content (AvgIpc) is 2.86. The lowest BCUT2D eigenvalue weighted by molar-refractivity contribution is 0.228. The SMILES string of the molecule is O=S(=O)(Cl)c1ccc(OCCN2CCCC2)c(F)c1F. The van der Waals surface area contributed by atoms with Crippen molar-refractivity contribution in [1.29, 1.82) is 0 Å². The van der Waals surface area contributed by atoms with Crippen LogP contribution >= 0.6 is 10.7 Å². The maximum absolute atomic E-state index is 13.7. The lowest BCUT2D eigenvalue weighted by Gasteiger charge is -2.15. The molecule has 4 nitrogen and oxygen atoms in total. The van der Waals surface area contributed by atoms with Crippen LogP contribution in [0.25, 0.3) is 0 Å². The molecule has 1 aliphatic heterocycles. The zero-order chi connectivity index (χ0) is 14.8. The molecule has 1 fully saturated rings. The Morgan fingerprint density at radius 1 is 1.20 bits per heavy atom. The molecule has 0 unspecified atom stereocenters. The predicted molar refractivity (Wildman–Crippen MR) is 70.6 cm³/mol. The van der Waals surface area contributed by atoms with E-state index in [1.54, 1.807) is 0 Å². The molecule has 20 heavy (non-hydrogen) atoms. The number of halogens is 3. The van der Waals surface area contributed by atoms with Crippen LogP contribution in [0.3, 0.4) is 0 Å². The van der Waals surface area contributed by atoms with Crippen LogP contribution in [0.4, 0.5) is 8.78 Å². The van der Waals surface area contributed by atoms with E-state index in [0.717, 1.165) is 38.1 Å². The van der Waals surface area contributed by atoms with Gasteiger partial charge in [-0.2, -0.15) is 4.39 Å². The minimum Gasteiger partial charge on any atom is -0.489 e. The van der Waals surface area contributed by atoms with Crippen LogP contribution in [-0.4, -0.2) is 39.6 Å². The molecule has 0 amide bonds. The summed E-state index contributed by atoms with van der Waals surface area (Å²) in [5.74, 6) is -3.17. The van der Waals surface area contributed by atoms with Gasteiger partial charge in [0.1, 0.15) is 11.5 Å². The summed E-state index contributed by atoms with van der Waals surface area (Å²) in [7, 11) is 0.684. The van der Waals surface area contributed by atoms with Gasteiger partial charge in [0.2, 0.25) is 5.82 Å². The Balaban J connectivity index is 2.04. The van der Waals surface area contributed by atoms with Crippen molar-refractivity contribution in [1.82, 2.24) is 4.90 Å². The van der Waals surface area contributed by atoms with E-state index >= 15 is 0 Å². The number of ether oxygens (including phenoxy) is 1. The standard InChI is InChI=1S/C12H14ClF2NO3S/c13-20(17,18)10-4-3-9(11(14)12(10)15)19-8-7-16-5-1-2-6-16/h3-4H,1-2,5-8H2. The molecule has 1 aliphatic rings. The average molecular weight is 326 g/mol. The van der Waals surface area contributed by atoms with Crippen molar-refractivity contribution in [3.05, 3.63) is 23.8 Å². The number of nitrogens with zero attached hydrogens (tertiary/aromatic N) is 1. The van der Waals surface area contributed by atoms with Crippen LogP contribution in [0.1, 0.15) is 12.8 Å². The molecule has 0 saturated carbocycles. The van der Waals surface area contributed by atoms with Gasteiger partial charge in [0.15, 0.2) is 11.6 Å². The molecule has 0 aliphatic carbocycles. The zero-order valence-electron chi connectivity index (χ0n) is 10.6. The number of benzene rings is 1. The fourth-order valence-corrected chi connectivity index (χ4v) is 3.00. The Morgan fingerprint density at radius 2 is 1.85 bits per heavy atom. The Hall–Kier alpha value is -0.920. The van der Waals surface area contributed by atoms with E-state index in [4.69, 9.17) is 15.4 Å². The third-order valence-corrected chi connectivity index (χ3v) is 4.48. The summed E-state index contributed by atoms with van der Waals surface area (Å²) in [5.41, 5.74) is 0. The number of rotatable bonds is 5. The number of hydrogen-bond acceptors (Lipinski definition) is 4. The van der Waals surface area contributed by atoms with Crippen LogP contribution in [-0.2, 0) is 9.05 Å². The molecule has 0 spiro atoms.